The number of carbonyl (C=O) groups is 3. The van der Waals surface area contributed by atoms with E-state index in [-0.39, 0.29) is 113 Å². The van der Waals surface area contributed by atoms with Crippen molar-refractivity contribution in [2.24, 2.45) is 15.5 Å². The number of nitrogens with one attached hydrogen (secondary N) is 3. The zero-order valence-corrected chi connectivity index (χ0v) is 54.9. The first-order valence-corrected chi connectivity index (χ1v) is 32.2. The Kier molecular flexibility index (Phi) is 20.5. The molecule has 12 aromatic rings. The van der Waals surface area contributed by atoms with Gasteiger partial charge in [0.25, 0.3) is 17.7 Å². The highest BCUT2D eigenvalue weighted by atomic mass is 35.5. The fourth-order valence-electron chi connectivity index (χ4n) is 12.5. The normalized spacial score (nSPS) is 12.7. The maximum atomic E-state index is 14.3. The minimum atomic E-state index is -0.487. The highest BCUT2D eigenvalue weighted by Gasteiger charge is 2.28. The predicted octanol–water partition coefficient (Wildman–Crippen LogP) is 14.8. The number of aromatic hydroxyl groups is 3. The van der Waals surface area contributed by atoms with Crippen LogP contribution < -0.4 is 30.2 Å². The van der Waals surface area contributed by atoms with Crippen LogP contribution in [0.4, 0.5) is 30.2 Å². The first-order chi connectivity index (χ1) is 50.0. The summed E-state index contributed by atoms with van der Waals surface area (Å²) >= 11 is 6.00. The average Bonchev–Trinajstić information content (AvgIpc) is 1.64. The van der Waals surface area contributed by atoms with Crippen LogP contribution in [0.3, 0.4) is 0 Å². The third-order valence-electron chi connectivity index (χ3n) is 17.3. The Morgan fingerprint density at radius 2 is 0.728 bits per heavy atom. The average molecular weight is 1420 g/mol. The Morgan fingerprint density at radius 3 is 1.05 bits per heavy atom. The van der Waals surface area contributed by atoms with E-state index in [1.54, 1.807) is 72.8 Å². The fraction of sp³-hybridized carbons (Fsp3) is 0.160. The van der Waals surface area contributed by atoms with Gasteiger partial charge in [-0.1, -0.05) is 84.4 Å². The number of amides is 3. The van der Waals surface area contributed by atoms with Crippen LogP contribution in [0.25, 0.3) is 32.7 Å². The first kappa shape index (κ1) is 69.1. The molecule has 103 heavy (non-hydrogen) atoms. The Balaban J connectivity index is 0.000000138. The number of ether oxygens (including phenoxy) is 6. The van der Waals surface area contributed by atoms with Crippen LogP contribution in [0.15, 0.2) is 191 Å². The molecule has 0 saturated heterocycles. The zero-order valence-electron chi connectivity index (χ0n) is 54.2. The summed E-state index contributed by atoms with van der Waals surface area (Å²) in [6.45, 7) is 1.58. The SMILES string of the molecule is O=Nc1c(O)n(Cc2cc(F)cc3c2OCOC3)c2cc(C(=O)NCc3cccc(Cl)c3)ccc12.O=Nc1c(O)n(Cc2cc(F)cc3c2OCOC3)c2cc(C(=O)NCc3ccccc3)ccc12.O=Nc1c(O)n(Cc2cc(F)cc3c2OCOC3)c2cc(C(=O)NCc3ccccc3)ccc12. The lowest BCUT2D eigenvalue weighted by Crippen LogP contribution is -2.22. The van der Waals surface area contributed by atoms with E-state index in [0.29, 0.717) is 118 Å². The first-order valence-electron chi connectivity index (χ1n) is 31.8. The molecule has 522 valence electrons. The molecular weight excluding hydrogens is 1360 g/mol. The molecule has 3 aliphatic rings. The summed E-state index contributed by atoms with van der Waals surface area (Å²) in [7, 11) is 0. The summed E-state index contributed by atoms with van der Waals surface area (Å²) in [6, 6.07) is 48.0. The van der Waals surface area contributed by atoms with E-state index in [4.69, 9.17) is 40.0 Å². The number of fused-ring (bicyclic) bond motifs is 6. The summed E-state index contributed by atoms with van der Waals surface area (Å²) in [5.74, 6) is -2.20. The number of hydrogen-bond donors (Lipinski definition) is 6. The van der Waals surface area contributed by atoms with Gasteiger partial charge in [0.2, 0.25) is 17.6 Å². The Bertz CT molecular complexity index is 5090. The molecule has 0 spiro atoms. The van der Waals surface area contributed by atoms with E-state index >= 15 is 0 Å². The number of nitroso groups, excluding NO2 is 3. The van der Waals surface area contributed by atoms with Crippen molar-refractivity contribution in [3.63, 3.8) is 0 Å². The lowest BCUT2D eigenvalue weighted by atomic mass is 10.1. The van der Waals surface area contributed by atoms with Crippen molar-refractivity contribution in [1.82, 2.24) is 29.7 Å². The van der Waals surface area contributed by atoms with Crippen LogP contribution in [-0.2, 0) is 73.3 Å². The second-order valence-corrected chi connectivity index (χ2v) is 24.3. The molecular formula is C75H59ClF3N9O15. The minimum Gasteiger partial charge on any atom is -0.493 e. The molecule has 0 atom stereocenters. The molecule has 0 aliphatic carbocycles. The second kappa shape index (κ2) is 30.6. The monoisotopic (exact) mass is 1420 g/mol. The number of halogens is 4. The van der Waals surface area contributed by atoms with Crippen molar-refractivity contribution in [2.75, 3.05) is 20.4 Å². The van der Waals surface area contributed by atoms with Gasteiger partial charge in [-0.05, 0) is 135 Å². The van der Waals surface area contributed by atoms with Crippen molar-refractivity contribution < 1.29 is 71.3 Å². The van der Waals surface area contributed by atoms with Gasteiger partial charge in [0.1, 0.15) is 34.7 Å². The quantitative estimate of drug-likeness (QED) is 0.0435. The van der Waals surface area contributed by atoms with E-state index < -0.39 is 23.3 Å². The largest absolute Gasteiger partial charge is 0.493 e. The van der Waals surface area contributed by atoms with E-state index in [2.05, 4.69) is 31.5 Å². The molecule has 28 heteroatoms. The van der Waals surface area contributed by atoms with Crippen molar-refractivity contribution in [3.8, 4) is 34.9 Å². The number of carbonyl (C=O) groups excluding carboxylic acids is 3. The van der Waals surface area contributed by atoms with Crippen LogP contribution in [0.2, 0.25) is 5.02 Å². The molecule has 6 heterocycles. The third kappa shape index (κ3) is 14.9. The Hall–Kier alpha value is -12.4. The van der Waals surface area contributed by atoms with Gasteiger partial charge in [-0.25, -0.2) is 13.2 Å². The van der Waals surface area contributed by atoms with Gasteiger partial charge in [0, 0.05) is 90.9 Å². The van der Waals surface area contributed by atoms with E-state index in [9.17, 15) is 57.6 Å². The summed E-state index contributed by atoms with van der Waals surface area (Å²) in [6.07, 6.45) is 0. The standard InChI is InChI=1S/C25H19ClFN3O5.2C25H20FN3O5/c26-18-3-1-2-14(6-18)10-28-24(31)15-4-5-20-21(9-15)30(25(32)22(20)29-33)11-16-7-19(27)8-17-12-34-13-35-23(16)17;2*26-19-8-17(23-18(9-19)13-33-14-34-23)12-29-21-10-16(6-7-20(21)22(28-32)25(29)31)24(30)27-11-15-4-2-1-3-5-15/h1-9,32H,10-13H2,(H,28,31);2*1-10,31H,11-14H2,(H,27,30). The lowest BCUT2D eigenvalue weighted by Gasteiger charge is -2.21. The van der Waals surface area contributed by atoms with Gasteiger partial charge in [-0.2, -0.15) is 0 Å². The number of nitrogens with zero attached hydrogens (tertiary/aromatic N) is 6. The van der Waals surface area contributed by atoms with Gasteiger partial charge < -0.3 is 73.4 Å². The lowest BCUT2D eigenvalue weighted by molar-refractivity contribution is -0.0174. The van der Waals surface area contributed by atoms with Crippen molar-refractivity contribution in [2.45, 2.75) is 59.1 Å². The van der Waals surface area contributed by atoms with Gasteiger partial charge in [0.05, 0.1) is 56.0 Å². The Morgan fingerprint density at radius 1 is 0.408 bits per heavy atom. The molecule has 15 rings (SSSR count). The summed E-state index contributed by atoms with van der Waals surface area (Å²) in [5.41, 5.74) is 7.45. The molecule has 6 N–H and O–H groups in total. The predicted molar refractivity (Wildman–Crippen MR) is 372 cm³/mol. The van der Waals surface area contributed by atoms with E-state index in [1.165, 1.54) is 50.1 Å². The van der Waals surface area contributed by atoms with Crippen LogP contribution in [0.1, 0.15) is 81.1 Å². The number of benzene rings is 9. The van der Waals surface area contributed by atoms with Gasteiger partial charge >= 0.3 is 0 Å². The molecule has 0 saturated carbocycles. The van der Waals surface area contributed by atoms with Gasteiger partial charge in [-0.3, -0.25) is 14.4 Å². The number of rotatable bonds is 18. The van der Waals surface area contributed by atoms with Crippen LogP contribution in [0, 0.1) is 32.2 Å². The molecule has 24 nitrogen and oxygen atoms in total. The third-order valence-corrected chi connectivity index (χ3v) is 17.5. The molecule has 3 amide bonds. The smallest absolute Gasteiger partial charge is 0.251 e. The van der Waals surface area contributed by atoms with Gasteiger partial charge in [-0.15, -0.1) is 14.7 Å². The molecule has 3 aliphatic heterocycles. The summed E-state index contributed by atoms with van der Waals surface area (Å²) in [5, 5.41) is 51.3. The van der Waals surface area contributed by atoms with E-state index in [0.717, 1.165) is 16.7 Å². The van der Waals surface area contributed by atoms with Crippen molar-refractivity contribution in [3.05, 3.63) is 280 Å². The van der Waals surface area contributed by atoms with E-state index in [1.807, 2.05) is 66.7 Å². The maximum absolute atomic E-state index is 14.3. The second-order valence-electron chi connectivity index (χ2n) is 23.9. The molecule has 0 fully saturated rings. The fourth-order valence-corrected chi connectivity index (χ4v) is 12.7. The molecule has 0 unspecified atom stereocenters. The Labute approximate surface area is 587 Å². The van der Waals surface area contributed by atoms with Crippen LogP contribution >= 0.6 is 11.6 Å². The minimum absolute atomic E-state index is 0.00691. The zero-order chi connectivity index (χ0) is 71.8. The number of hydrogen-bond acceptors (Lipinski definition) is 18. The molecule has 0 bridgehead atoms. The molecule has 9 aromatic carbocycles. The van der Waals surface area contributed by atoms with Crippen LogP contribution in [0.5, 0.6) is 34.9 Å². The molecule has 0 radical (unpaired) electrons. The van der Waals surface area contributed by atoms with Crippen molar-refractivity contribution in [1.29, 1.82) is 0 Å². The summed E-state index contributed by atoms with van der Waals surface area (Å²) < 4.78 is 79.3. The molecule has 3 aromatic heterocycles. The van der Waals surface area contributed by atoms with Crippen LogP contribution in [-0.4, -0.2) is 67.1 Å². The van der Waals surface area contributed by atoms with Crippen molar-refractivity contribution >= 4 is 79.1 Å². The summed E-state index contributed by atoms with van der Waals surface area (Å²) in [4.78, 5) is 72.8. The highest BCUT2D eigenvalue weighted by Crippen LogP contribution is 2.45. The highest BCUT2D eigenvalue weighted by molar-refractivity contribution is 6.30. The number of aromatic nitrogens is 3. The maximum Gasteiger partial charge on any atom is 0.251 e. The topological polar surface area (TPSA) is 306 Å². The van der Waals surface area contributed by atoms with Gasteiger partial charge in [0.15, 0.2) is 37.4 Å².